The number of fused-ring (bicyclic) bond motifs is 1. The number of imide groups is 1. The molecule has 2 amide bonds. The Morgan fingerprint density at radius 1 is 1.04 bits per heavy atom. The number of rotatable bonds is 5. The molecule has 2 aliphatic heterocycles. The molecule has 2 aliphatic rings. The van der Waals surface area contributed by atoms with Crippen molar-refractivity contribution in [3.8, 4) is 11.5 Å². The molecule has 8 heteroatoms. The molecule has 7 nitrogen and oxygen atoms in total. The lowest BCUT2D eigenvalue weighted by atomic mass is 10.1. The number of likely N-dealkylation sites (tertiary alicyclic amines) is 1. The molecular weight excluding hydrogens is 386 g/mol. The predicted molar refractivity (Wildman–Crippen MR) is 97.9 cm³/mol. The summed E-state index contributed by atoms with van der Waals surface area (Å²) in [5.41, 5.74) is 1.82. The van der Waals surface area contributed by atoms with Crippen LogP contribution in [0.2, 0.25) is 5.02 Å². The van der Waals surface area contributed by atoms with Crippen LogP contribution in [0.3, 0.4) is 0 Å². The van der Waals surface area contributed by atoms with E-state index in [-0.39, 0.29) is 44.6 Å². The Morgan fingerprint density at radius 2 is 1.75 bits per heavy atom. The smallest absolute Gasteiger partial charge is 0.338 e. The zero-order chi connectivity index (χ0) is 19.7. The number of benzene rings is 2. The van der Waals surface area contributed by atoms with Crippen molar-refractivity contribution >= 4 is 29.4 Å². The highest BCUT2D eigenvalue weighted by molar-refractivity contribution is 6.32. The van der Waals surface area contributed by atoms with Crippen LogP contribution in [0, 0.1) is 0 Å². The predicted octanol–water partition coefficient (Wildman–Crippen LogP) is 3.07. The number of ether oxygens (including phenoxy) is 3. The Balaban J connectivity index is 1.37. The highest BCUT2D eigenvalue weighted by Gasteiger charge is 2.28. The molecule has 0 spiro atoms. The quantitative estimate of drug-likeness (QED) is 0.565. The van der Waals surface area contributed by atoms with Gasteiger partial charge in [-0.25, -0.2) is 4.79 Å². The molecule has 0 bridgehead atoms. The molecule has 2 aromatic rings. The van der Waals surface area contributed by atoms with Crippen LogP contribution in [0.5, 0.6) is 11.5 Å². The SMILES string of the molecule is O=C(OCc1cc(Cl)c2c(c1)OCO2)c1ccc(CN2C(=O)CCC2=O)cc1. The molecule has 4 rings (SSSR count). The van der Waals surface area contributed by atoms with Crippen LogP contribution >= 0.6 is 11.6 Å². The zero-order valence-electron chi connectivity index (χ0n) is 14.8. The van der Waals surface area contributed by atoms with Gasteiger partial charge in [-0.2, -0.15) is 0 Å². The maximum absolute atomic E-state index is 12.3. The lowest BCUT2D eigenvalue weighted by Crippen LogP contribution is -2.28. The largest absolute Gasteiger partial charge is 0.457 e. The van der Waals surface area contributed by atoms with Gasteiger partial charge in [-0.3, -0.25) is 14.5 Å². The highest BCUT2D eigenvalue weighted by Crippen LogP contribution is 2.39. The van der Waals surface area contributed by atoms with Crippen LogP contribution in [-0.2, 0) is 27.5 Å². The molecule has 144 valence electrons. The Labute approximate surface area is 165 Å². The van der Waals surface area contributed by atoms with E-state index in [0.717, 1.165) is 5.56 Å². The number of amides is 2. The van der Waals surface area contributed by atoms with Gasteiger partial charge in [0.2, 0.25) is 18.6 Å². The van der Waals surface area contributed by atoms with E-state index in [2.05, 4.69) is 0 Å². The van der Waals surface area contributed by atoms with Gasteiger partial charge in [-0.05, 0) is 35.4 Å². The average Bonchev–Trinajstić information content (AvgIpc) is 3.29. The van der Waals surface area contributed by atoms with E-state index in [1.165, 1.54) is 4.90 Å². The summed E-state index contributed by atoms with van der Waals surface area (Å²) in [4.78, 5) is 36.9. The number of hydrogen-bond donors (Lipinski definition) is 0. The maximum atomic E-state index is 12.3. The van der Waals surface area contributed by atoms with Crippen molar-refractivity contribution in [2.75, 3.05) is 6.79 Å². The molecule has 1 saturated heterocycles. The van der Waals surface area contributed by atoms with Crippen LogP contribution in [0.1, 0.15) is 34.3 Å². The van der Waals surface area contributed by atoms with E-state index in [4.69, 9.17) is 25.8 Å². The second kappa shape index (κ2) is 7.52. The third-order valence-electron chi connectivity index (χ3n) is 4.54. The molecule has 0 N–H and O–H groups in total. The summed E-state index contributed by atoms with van der Waals surface area (Å²) in [6.07, 6.45) is 0.514. The topological polar surface area (TPSA) is 82.1 Å². The number of carbonyl (C=O) groups is 3. The normalized spacial score (nSPS) is 15.2. The van der Waals surface area contributed by atoms with Crippen molar-refractivity contribution in [2.24, 2.45) is 0 Å². The van der Waals surface area contributed by atoms with E-state index in [1.54, 1.807) is 36.4 Å². The molecule has 0 radical (unpaired) electrons. The van der Waals surface area contributed by atoms with Crippen LogP contribution in [0.4, 0.5) is 0 Å². The Kier molecular flexibility index (Phi) is 4.92. The highest BCUT2D eigenvalue weighted by atomic mass is 35.5. The summed E-state index contributed by atoms with van der Waals surface area (Å²) in [6.45, 7) is 0.357. The van der Waals surface area contributed by atoms with Gasteiger partial charge in [0.1, 0.15) is 6.61 Å². The van der Waals surface area contributed by atoms with E-state index >= 15 is 0 Å². The minimum Gasteiger partial charge on any atom is -0.457 e. The minimum absolute atomic E-state index is 0.0354. The van der Waals surface area contributed by atoms with Gasteiger partial charge in [0, 0.05) is 12.8 Å². The molecular formula is C20H16ClNO6. The molecule has 0 atom stereocenters. The summed E-state index contributed by atoms with van der Waals surface area (Å²) in [6, 6.07) is 9.99. The molecule has 2 aromatic carbocycles. The first-order chi connectivity index (χ1) is 13.5. The van der Waals surface area contributed by atoms with Crippen molar-refractivity contribution in [3.63, 3.8) is 0 Å². The minimum atomic E-state index is -0.492. The first kappa shape index (κ1) is 18.3. The fourth-order valence-corrected chi connectivity index (χ4v) is 3.35. The van der Waals surface area contributed by atoms with Crippen LogP contribution in [-0.4, -0.2) is 29.5 Å². The monoisotopic (exact) mass is 401 g/mol. The third-order valence-corrected chi connectivity index (χ3v) is 4.82. The Bertz CT molecular complexity index is 940. The average molecular weight is 402 g/mol. The number of hydrogen-bond acceptors (Lipinski definition) is 6. The fourth-order valence-electron chi connectivity index (χ4n) is 3.06. The van der Waals surface area contributed by atoms with E-state index in [9.17, 15) is 14.4 Å². The van der Waals surface area contributed by atoms with Crippen LogP contribution < -0.4 is 9.47 Å². The molecule has 28 heavy (non-hydrogen) atoms. The molecule has 0 unspecified atom stereocenters. The van der Waals surface area contributed by atoms with Crippen molar-refractivity contribution in [2.45, 2.75) is 26.0 Å². The summed E-state index contributed by atoms with van der Waals surface area (Å²) >= 11 is 6.12. The van der Waals surface area contributed by atoms with Crippen molar-refractivity contribution < 1.29 is 28.6 Å². The van der Waals surface area contributed by atoms with Gasteiger partial charge < -0.3 is 14.2 Å². The number of halogens is 1. The Morgan fingerprint density at radius 3 is 2.46 bits per heavy atom. The number of nitrogens with zero attached hydrogens (tertiary/aromatic N) is 1. The molecule has 0 saturated carbocycles. The molecule has 1 fully saturated rings. The molecule has 0 aliphatic carbocycles. The summed E-state index contributed by atoms with van der Waals surface area (Å²) in [5.74, 6) is 0.177. The first-order valence-corrected chi connectivity index (χ1v) is 9.06. The first-order valence-electron chi connectivity index (χ1n) is 8.68. The third kappa shape index (κ3) is 3.66. The second-order valence-corrected chi connectivity index (χ2v) is 6.87. The van der Waals surface area contributed by atoms with Crippen LogP contribution in [0.15, 0.2) is 36.4 Å². The fraction of sp³-hybridized carbons (Fsp3) is 0.250. The number of carbonyl (C=O) groups excluding carboxylic acids is 3. The van der Waals surface area contributed by atoms with Gasteiger partial charge in [-0.1, -0.05) is 23.7 Å². The van der Waals surface area contributed by atoms with Gasteiger partial charge in [0.15, 0.2) is 11.5 Å². The van der Waals surface area contributed by atoms with Crippen molar-refractivity contribution in [3.05, 3.63) is 58.1 Å². The van der Waals surface area contributed by atoms with Gasteiger partial charge >= 0.3 is 5.97 Å². The van der Waals surface area contributed by atoms with E-state index in [1.807, 2.05) is 0 Å². The van der Waals surface area contributed by atoms with Crippen molar-refractivity contribution in [1.29, 1.82) is 0 Å². The van der Waals surface area contributed by atoms with Gasteiger partial charge in [-0.15, -0.1) is 0 Å². The Hall–Kier alpha value is -3.06. The lowest BCUT2D eigenvalue weighted by molar-refractivity contribution is -0.139. The lowest BCUT2D eigenvalue weighted by Gasteiger charge is -2.14. The zero-order valence-corrected chi connectivity index (χ0v) is 15.5. The van der Waals surface area contributed by atoms with Crippen molar-refractivity contribution in [1.82, 2.24) is 4.90 Å². The summed E-state index contributed by atoms with van der Waals surface area (Å²) in [5, 5.41) is 0.399. The van der Waals surface area contributed by atoms with E-state index in [0.29, 0.717) is 27.6 Å². The summed E-state index contributed by atoms with van der Waals surface area (Å²) < 4.78 is 15.9. The van der Waals surface area contributed by atoms with E-state index < -0.39 is 5.97 Å². The van der Waals surface area contributed by atoms with Gasteiger partial charge in [0.25, 0.3) is 0 Å². The molecule has 2 heterocycles. The van der Waals surface area contributed by atoms with Gasteiger partial charge in [0.05, 0.1) is 17.1 Å². The maximum Gasteiger partial charge on any atom is 0.338 e. The second-order valence-electron chi connectivity index (χ2n) is 6.46. The molecule has 0 aromatic heterocycles. The summed E-state index contributed by atoms with van der Waals surface area (Å²) in [7, 11) is 0. The number of esters is 1. The van der Waals surface area contributed by atoms with Crippen LogP contribution in [0.25, 0.3) is 0 Å². The standard InChI is InChI=1S/C20H16ClNO6/c21-15-7-13(8-16-19(15)28-11-27-16)10-26-20(25)14-3-1-12(2-4-14)9-22-17(23)5-6-18(22)24/h1-4,7-8H,5-6,9-11H2.